The molecule has 0 spiro atoms. The maximum atomic E-state index is 12.5. The van der Waals surface area contributed by atoms with Crippen LogP contribution < -0.4 is 4.74 Å². The van der Waals surface area contributed by atoms with Crippen LogP contribution in [0.25, 0.3) is 11.1 Å². The van der Waals surface area contributed by atoms with E-state index in [1.165, 1.54) is 31.6 Å². The maximum absolute atomic E-state index is 12.5. The second-order valence-corrected chi connectivity index (χ2v) is 4.10. The summed E-state index contributed by atoms with van der Waals surface area (Å²) in [5.74, 6) is 0.393. The normalized spacial score (nSPS) is 11.4. The van der Waals surface area contributed by atoms with Gasteiger partial charge in [-0.05, 0) is 17.7 Å². The van der Waals surface area contributed by atoms with Crippen molar-refractivity contribution in [2.24, 2.45) is 0 Å². The molecule has 0 aliphatic rings. The molecule has 0 aliphatic carbocycles. The lowest BCUT2D eigenvalue weighted by atomic mass is 10.0. The van der Waals surface area contributed by atoms with Crippen LogP contribution in [0.5, 0.6) is 5.75 Å². The standard InChI is InChI=1S/C14H12F3NO2/c1-20-13-7-18-6-11(12(13)8-19)9-2-4-10(5-3-9)14(15,16)17/h2-7,19H,8H2,1H3. The minimum absolute atomic E-state index is 0.290. The Hall–Kier alpha value is -2.08. The number of aromatic nitrogens is 1. The van der Waals surface area contributed by atoms with Gasteiger partial charge < -0.3 is 9.84 Å². The number of pyridine rings is 1. The largest absolute Gasteiger partial charge is 0.495 e. The molecule has 0 fully saturated rings. The second-order valence-electron chi connectivity index (χ2n) is 4.10. The van der Waals surface area contributed by atoms with Crippen molar-refractivity contribution in [2.75, 3.05) is 7.11 Å². The molecule has 20 heavy (non-hydrogen) atoms. The Morgan fingerprint density at radius 3 is 2.30 bits per heavy atom. The van der Waals surface area contributed by atoms with E-state index in [2.05, 4.69) is 4.98 Å². The van der Waals surface area contributed by atoms with Gasteiger partial charge in [-0.15, -0.1) is 0 Å². The van der Waals surface area contributed by atoms with Crippen LogP contribution in [0, 0.1) is 0 Å². The first-order valence-corrected chi connectivity index (χ1v) is 5.76. The molecule has 0 saturated heterocycles. The third-order valence-electron chi connectivity index (χ3n) is 2.92. The summed E-state index contributed by atoms with van der Waals surface area (Å²) in [5, 5.41) is 9.39. The smallest absolute Gasteiger partial charge is 0.416 e. The molecular weight excluding hydrogens is 271 g/mol. The number of halogens is 3. The Morgan fingerprint density at radius 2 is 1.80 bits per heavy atom. The lowest BCUT2D eigenvalue weighted by Crippen LogP contribution is -2.04. The van der Waals surface area contributed by atoms with E-state index >= 15 is 0 Å². The van der Waals surface area contributed by atoms with E-state index in [1.807, 2.05) is 0 Å². The van der Waals surface area contributed by atoms with Crippen molar-refractivity contribution in [3.8, 4) is 16.9 Å². The summed E-state index contributed by atoms with van der Waals surface area (Å²) in [6.07, 6.45) is -1.44. The van der Waals surface area contributed by atoms with Gasteiger partial charge in [-0.3, -0.25) is 4.98 Å². The molecule has 0 saturated carbocycles. The predicted molar refractivity (Wildman–Crippen MR) is 67.1 cm³/mol. The third-order valence-corrected chi connectivity index (χ3v) is 2.92. The van der Waals surface area contributed by atoms with Gasteiger partial charge in [0.05, 0.1) is 25.5 Å². The van der Waals surface area contributed by atoms with Gasteiger partial charge in [0.25, 0.3) is 0 Å². The minimum atomic E-state index is -4.37. The number of hydrogen-bond donors (Lipinski definition) is 1. The van der Waals surface area contributed by atoms with Crippen LogP contribution in [0.15, 0.2) is 36.7 Å². The van der Waals surface area contributed by atoms with Crippen LogP contribution >= 0.6 is 0 Å². The first-order valence-electron chi connectivity index (χ1n) is 5.76. The van der Waals surface area contributed by atoms with Crippen molar-refractivity contribution in [3.63, 3.8) is 0 Å². The molecule has 106 valence electrons. The summed E-state index contributed by atoms with van der Waals surface area (Å²) in [6.45, 7) is -0.290. The summed E-state index contributed by atoms with van der Waals surface area (Å²) < 4.78 is 42.6. The van der Waals surface area contributed by atoms with E-state index in [4.69, 9.17) is 4.74 Å². The van der Waals surface area contributed by atoms with E-state index in [0.29, 0.717) is 22.4 Å². The van der Waals surface area contributed by atoms with Crippen LogP contribution in [0.2, 0.25) is 0 Å². The molecule has 1 aromatic heterocycles. The first kappa shape index (κ1) is 14.3. The van der Waals surface area contributed by atoms with E-state index < -0.39 is 11.7 Å². The topological polar surface area (TPSA) is 42.4 Å². The maximum Gasteiger partial charge on any atom is 0.416 e. The zero-order chi connectivity index (χ0) is 14.8. The Morgan fingerprint density at radius 1 is 1.15 bits per heavy atom. The number of aliphatic hydroxyl groups is 1. The lowest BCUT2D eigenvalue weighted by Gasteiger charge is -2.12. The van der Waals surface area contributed by atoms with Gasteiger partial charge in [-0.1, -0.05) is 12.1 Å². The van der Waals surface area contributed by atoms with Crippen molar-refractivity contribution >= 4 is 0 Å². The van der Waals surface area contributed by atoms with Gasteiger partial charge in [0, 0.05) is 17.3 Å². The van der Waals surface area contributed by atoms with E-state index in [1.54, 1.807) is 0 Å². The quantitative estimate of drug-likeness (QED) is 0.940. The molecule has 0 amide bonds. The Balaban J connectivity index is 2.47. The average molecular weight is 283 g/mol. The van der Waals surface area contributed by atoms with Crippen molar-refractivity contribution in [1.82, 2.24) is 4.98 Å². The zero-order valence-corrected chi connectivity index (χ0v) is 10.6. The number of ether oxygens (including phenoxy) is 1. The molecule has 1 aromatic carbocycles. The SMILES string of the molecule is COc1cncc(-c2ccc(C(F)(F)F)cc2)c1CO. The Kier molecular flexibility index (Phi) is 3.94. The molecule has 2 rings (SSSR count). The summed E-state index contributed by atoms with van der Waals surface area (Å²) in [7, 11) is 1.44. The molecule has 6 heteroatoms. The summed E-state index contributed by atoms with van der Waals surface area (Å²) >= 11 is 0. The molecule has 0 atom stereocenters. The van der Waals surface area contributed by atoms with Gasteiger partial charge in [0.15, 0.2) is 0 Å². The van der Waals surface area contributed by atoms with Crippen LogP contribution in [-0.4, -0.2) is 17.2 Å². The first-order chi connectivity index (χ1) is 9.47. The predicted octanol–water partition coefficient (Wildman–Crippen LogP) is 3.27. The number of nitrogens with zero attached hydrogens (tertiary/aromatic N) is 1. The van der Waals surface area contributed by atoms with Crippen molar-refractivity contribution in [1.29, 1.82) is 0 Å². The molecule has 0 aliphatic heterocycles. The number of benzene rings is 1. The minimum Gasteiger partial charge on any atom is -0.495 e. The highest BCUT2D eigenvalue weighted by Crippen LogP contribution is 2.33. The van der Waals surface area contributed by atoms with E-state index in [9.17, 15) is 18.3 Å². The second kappa shape index (κ2) is 5.50. The number of methoxy groups -OCH3 is 1. The number of aliphatic hydroxyl groups excluding tert-OH is 1. The highest BCUT2D eigenvalue weighted by atomic mass is 19.4. The molecular formula is C14H12F3NO2. The van der Waals surface area contributed by atoms with Crippen LogP contribution in [-0.2, 0) is 12.8 Å². The summed E-state index contributed by atoms with van der Waals surface area (Å²) in [4.78, 5) is 3.95. The molecule has 1 N–H and O–H groups in total. The fourth-order valence-electron chi connectivity index (χ4n) is 1.89. The van der Waals surface area contributed by atoms with Gasteiger partial charge in [-0.25, -0.2) is 0 Å². The van der Waals surface area contributed by atoms with Crippen molar-refractivity contribution in [3.05, 3.63) is 47.8 Å². The Bertz CT molecular complexity index is 594. The monoisotopic (exact) mass is 283 g/mol. The van der Waals surface area contributed by atoms with E-state index in [0.717, 1.165) is 12.1 Å². The van der Waals surface area contributed by atoms with Crippen LogP contribution in [0.3, 0.4) is 0 Å². The highest BCUT2D eigenvalue weighted by Gasteiger charge is 2.30. The van der Waals surface area contributed by atoms with Gasteiger partial charge in [0.2, 0.25) is 0 Å². The van der Waals surface area contributed by atoms with Gasteiger partial charge >= 0.3 is 6.18 Å². The van der Waals surface area contributed by atoms with Crippen LogP contribution in [0.4, 0.5) is 13.2 Å². The van der Waals surface area contributed by atoms with Gasteiger partial charge in [0.1, 0.15) is 5.75 Å². The zero-order valence-electron chi connectivity index (χ0n) is 10.6. The summed E-state index contributed by atoms with van der Waals surface area (Å²) in [6, 6.07) is 4.68. The molecule has 3 nitrogen and oxygen atoms in total. The fraction of sp³-hybridized carbons (Fsp3) is 0.214. The molecule has 0 bridgehead atoms. The van der Waals surface area contributed by atoms with Crippen molar-refractivity contribution in [2.45, 2.75) is 12.8 Å². The molecule has 1 heterocycles. The fourth-order valence-corrected chi connectivity index (χ4v) is 1.89. The molecule has 0 unspecified atom stereocenters. The molecule has 0 radical (unpaired) electrons. The number of hydrogen-bond acceptors (Lipinski definition) is 3. The van der Waals surface area contributed by atoms with Crippen molar-refractivity contribution < 1.29 is 23.0 Å². The highest BCUT2D eigenvalue weighted by molar-refractivity contribution is 5.69. The number of rotatable bonds is 3. The summed E-state index contributed by atoms with van der Waals surface area (Å²) in [5.41, 5.74) is 0.846. The average Bonchev–Trinajstić information content (AvgIpc) is 2.45. The molecule has 2 aromatic rings. The third kappa shape index (κ3) is 2.75. The van der Waals surface area contributed by atoms with E-state index in [-0.39, 0.29) is 6.61 Å². The number of alkyl halides is 3. The Labute approximate surface area is 113 Å². The lowest BCUT2D eigenvalue weighted by molar-refractivity contribution is -0.137. The van der Waals surface area contributed by atoms with Crippen LogP contribution in [0.1, 0.15) is 11.1 Å². The van der Waals surface area contributed by atoms with Gasteiger partial charge in [-0.2, -0.15) is 13.2 Å².